The van der Waals surface area contributed by atoms with Gasteiger partial charge in [-0.1, -0.05) is 37.3 Å². The number of fused-ring (bicyclic) bond motifs is 1. The number of hydrogen-bond acceptors (Lipinski definition) is 5. The van der Waals surface area contributed by atoms with Crippen LogP contribution in [0.4, 0.5) is 4.39 Å². The number of halogens is 1. The molecule has 3 N–H and O–H groups in total. The Morgan fingerprint density at radius 2 is 1.75 bits per heavy atom. The van der Waals surface area contributed by atoms with Crippen LogP contribution in [-0.4, -0.2) is 34.0 Å². The molecule has 1 heterocycles. The maximum Gasteiger partial charge on any atom is 0.290 e. The van der Waals surface area contributed by atoms with Gasteiger partial charge in [-0.3, -0.25) is 30.0 Å². The first-order valence-corrected chi connectivity index (χ1v) is 9.99. The van der Waals surface area contributed by atoms with Crippen molar-refractivity contribution in [2.45, 2.75) is 26.3 Å². The number of carbonyl (C=O) groups excluding carboxylic acids is 3. The summed E-state index contributed by atoms with van der Waals surface area (Å²) in [5.74, 6) is -2.30. The van der Waals surface area contributed by atoms with E-state index in [4.69, 9.17) is 0 Å². The Labute approximate surface area is 182 Å². The van der Waals surface area contributed by atoms with E-state index in [-0.39, 0.29) is 17.7 Å². The highest BCUT2D eigenvalue weighted by Crippen LogP contribution is 2.13. The second kappa shape index (κ2) is 10.3. The average Bonchev–Trinajstić information content (AvgIpc) is 2.78. The van der Waals surface area contributed by atoms with Crippen molar-refractivity contribution in [2.24, 2.45) is 0 Å². The third kappa shape index (κ3) is 5.54. The fourth-order valence-corrected chi connectivity index (χ4v) is 3.07. The van der Waals surface area contributed by atoms with E-state index in [1.165, 1.54) is 22.9 Å². The van der Waals surface area contributed by atoms with Crippen LogP contribution in [0.25, 0.3) is 10.8 Å². The fraction of sp³-hybridized carbons (Fsp3) is 0.227. The van der Waals surface area contributed by atoms with E-state index < -0.39 is 30.1 Å². The van der Waals surface area contributed by atoms with Crippen LogP contribution in [0.5, 0.6) is 0 Å². The molecule has 0 saturated heterocycles. The number of aryl methyl sites for hydroxylation is 1. The molecule has 2 aromatic carbocycles. The molecule has 0 aliphatic carbocycles. The van der Waals surface area contributed by atoms with Gasteiger partial charge in [-0.25, -0.2) is 9.07 Å². The van der Waals surface area contributed by atoms with Gasteiger partial charge in [0.15, 0.2) is 5.69 Å². The van der Waals surface area contributed by atoms with Gasteiger partial charge in [-0.2, -0.15) is 5.10 Å². The number of carbonyl (C=O) groups is 3. The summed E-state index contributed by atoms with van der Waals surface area (Å²) in [4.78, 5) is 49.0. The number of nitrogens with zero attached hydrogens (tertiary/aromatic N) is 2. The Kier molecular flexibility index (Phi) is 7.27. The maximum absolute atomic E-state index is 13.2. The van der Waals surface area contributed by atoms with E-state index in [2.05, 4.69) is 21.3 Å². The Morgan fingerprint density at radius 3 is 2.47 bits per heavy atom. The zero-order valence-electron chi connectivity index (χ0n) is 17.4. The van der Waals surface area contributed by atoms with Gasteiger partial charge >= 0.3 is 0 Å². The molecule has 3 aromatic rings. The van der Waals surface area contributed by atoms with Gasteiger partial charge in [-0.15, -0.1) is 0 Å². The van der Waals surface area contributed by atoms with E-state index in [0.717, 1.165) is 0 Å². The summed E-state index contributed by atoms with van der Waals surface area (Å²) < 4.78 is 14.4. The van der Waals surface area contributed by atoms with E-state index in [1.54, 1.807) is 30.3 Å². The standard InChI is InChI=1S/C22H22FN5O4/c1-2-10-28-22(32)17-9-4-3-8-16(17)20(27-28)21(31)26-25-19(30)13-24-18(29)12-14-6-5-7-15(23)11-14/h3-9,11H,2,10,12-13H2,1H3,(H,24,29)(H,25,30)(H,26,31). The van der Waals surface area contributed by atoms with Crippen LogP contribution >= 0.6 is 0 Å². The van der Waals surface area contributed by atoms with Crippen molar-refractivity contribution in [1.29, 1.82) is 0 Å². The van der Waals surface area contributed by atoms with Gasteiger partial charge in [0.2, 0.25) is 5.91 Å². The van der Waals surface area contributed by atoms with Gasteiger partial charge in [0.25, 0.3) is 17.4 Å². The number of amides is 3. The molecule has 3 rings (SSSR count). The van der Waals surface area contributed by atoms with Crippen LogP contribution in [0.2, 0.25) is 0 Å². The van der Waals surface area contributed by atoms with Crippen molar-refractivity contribution in [3.8, 4) is 0 Å². The minimum Gasteiger partial charge on any atom is -0.347 e. The summed E-state index contributed by atoms with van der Waals surface area (Å²) in [6.07, 6.45) is 0.560. The van der Waals surface area contributed by atoms with Crippen molar-refractivity contribution >= 4 is 28.5 Å². The van der Waals surface area contributed by atoms with E-state index in [9.17, 15) is 23.6 Å². The maximum atomic E-state index is 13.2. The van der Waals surface area contributed by atoms with Crippen molar-refractivity contribution in [2.75, 3.05) is 6.54 Å². The van der Waals surface area contributed by atoms with Crippen molar-refractivity contribution in [3.63, 3.8) is 0 Å². The monoisotopic (exact) mass is 439 g/mol. The van der Waals surface area contributed by atoms with Crippen molar-refractivity contribution in [1.82, 2.24) is 25.9 Å². The van der Waals surface area contributed by atoms with Gasteiger partial charge < -0.3 is 5.32 Å². The van der Waals surface area contributed by atoms with Crippen LogP contribution in [0.3, 0.4) is 0 Å². The highest BCUT2D eigenvalue weighted by molar-refractivity contribution is 6.05. The van der Waals surface area contributed by atoms with E-state index >= 15 is 0 Å². The van der Waals surface area contributed by atoms with Gasteiger partial charge in [0.1, 0.15) is 5.82 Å². The molecule has 0 unspecified atom stereocenters. The molecule has 0 aliphatic heterocycles. The van der Waals surface area contributed by atoms with Crippen LogP contribution in [0, 0.1) is 5.82 Å². The molecule has 0 fully saturated rings. The molecule has 0 radical (unpaired) electrons. The Bertz CT molecular complexity index is 1220. The predicted molar refractivity (Wildman–Crippen MR) is 115 cm³/mol. The van der Waals surface area contributed by atoms with Gasteiger partial charge in [0, 0.05) is 11.9 Å². The van der Waals surface area contributed by atoms with Crippen molar-refractivity contribution in [3.05, 3.63) is 76.0 Å². The molecule has 166 valence electrons. The normalized spacial score (nSPS) is 10.6. The first-order chi connectivity index (χ1) is 15.4. The zero-order valence-corrected chi connectivity index (χ0v) is 17.4. The molecule has 32 heavy (non-hydrogen) atoms. The molecule has 0 spiro atoms. The van der Waals surface area contributed by atoms with Gasteiger partial charge in [0.05, 0.1) is 18.4 Å². The van der Waals surface area contributed by atoms with E-state index in [0.29, 0.717) is 29.3 Å². The second-order valence-corrected chi connectivity index (χ2v) is 7.01. The Hall–Kier alpha value is -4.08. The molecule has 0 aliphatic rings. The van der Waals surface area contributed by atoms with Crippen LogP contribution in [0.15, 0.2) is 53.3 Å². The highest BCUT2D eigenvalue weighted by atomic mass is 19.1. The molecule has 0 bridgehead atoms. The molecule has 0 saturated carbocycles. The molecular formula is C22H22FN5O4. The molecular weight excluding hydrogens is 417 g/mol. The largest absolute Gasteiger partial charge is 0.347 e. The summed E-state index contributed by atoms with van der Waals surface area (Å²) in [6, 6.07) is 12.2. The lowest BCUT2D eigenvalue weighted by atomic mass is 10.1. The lowest BCUT2D eigenvalue weighted by molar-refractivity contribution is -0.126. The smallest absolute Gasteiger partial charge is 0.290 e. The number of hydrogen-bond donors (Lipinski definition) is 3. The predicted octanol–water partition coefficient (Wildman–Crippen LogP) is 1.07. The lowest BCUT2D eigenvalue weighted by Crippen LogP contribution is -2.47. The average molecular weight is 439 g/mol. The molecule has 0 atom stereocenters. The Morgan fingerprint density at radius 1 is 1.00 bits per heavy atom. The van der Waals surface area contributed by atoms with Crippen LogP contribution < -0.4 is 21.7 Å². The number of rotatable bonds is 7. The van der Waals surface area contributed by atoms with Crippen molar-refractivity contribution < 1.29 is 18.8 Å². The fourth-order valence-electron chi connectivity index (χ4n) is 3.07. The summed E-state index contributed by atoms with van der Waals surface area (Å²) in [7, 11) is 0. The Balaban J connectivity index is 1.60. The number of aromatic nitrogens is 2. The van der Waals surface area contributed by atoms with Crippen LogP contribution in [0.1, 0.15) is 29.4 Å². The summed E-state index contributed by atoms with van der Waals surface area (Å²) in [5, 5.41) is 7.23. The molecule has 9 nitrogen and oxygen atoms in total. The lowest BCUT2D eigenvalue weighted by Gasteiger charge is -2.11. The SMILES string of the molecule is CCCn1nc(C(=O)NNC(=O)CNC(=O)Cc2cccc(F)c2)c2ccccc2c1=O. The van der Waals surface area contributed by atoms with Gasteiger partial charge in [-0.05, 0) is 30.2 Å². The zero-order chi connectivity index (χ0) is 23.1. The quantitative estimate of drug-likeness (QED) is 0.476. The number of hydrazine groups is 1. The first-order valence-electron chi connectivity index (χ1n) is 9.99. The molecule has 1 aromatic heterocycles. The number of benzene rings is 2. The third-order valence-electron chi connectivity index (χ3n) is 4.53. The minimum atomic E-state index is -0.703. The highest BCUT2D eigenvalue weighted by Gasteiger charge is 2.17. The third-order valence-corrected chi connectivity index (χ3v) is 4.53. The second-order valence-electron chi connectivity index (χ2n) is 7.01. The van der Waals surface area contributed by atoms with E-state index in [1.807, 2.05) is 6.92 Å². The summed E-state index contributed by atoms with van der Waals surface area (Å²) in [6.45, 7) is 1.83. The molecule has 3 amide bonds. The van der Waals surface area contributed by atoms with Crippen LogP contribution in [-0.2, 0) is 22.6 Å². The topological polar surface area (TPSA) is 122 Å². The molecule has 10 heteroatoms. The first kappa shape index (κ1) is 22.6. The summed E-state index contributed by atoms with van der Waals surface area (Å²) >= 11 is 0. The minimum absolute atomic E-state index is 0.0101. The summed E-state index contributed by atoms with van der Waals surface area (Å²) in [5.41, 5.74) is 4.60. The number of nitrogens with one attached hydrogen (secondary N) is 3.